The van der Waals surface area contributed by atoms with Gasteiger partial charge in [-0.3, -0.25) is 5.26 Å². The second-order valence-corrected chi connectivity index (χ2v) is 35.9. The molecule has 0 unspecified atom stereocenters. The summed E-state index contributed by atoms with van der Waals surface area (Å²) in [5.74, 6) is -1.47. The molecule has 8 aromatic carbocycles. The summed E-state index contributed by atoms with van der Waals surface area (Å²) in [7, 11) is 3.25. The van der Waals surface area contributed by atoms with Crippen molar-refractivity contribution in [1.29, 1.82) is 0 Å². The first-order chi connectivity index (χ1) is 66.0. The third-order valence-electron chi connectivity index (χ3n) is 27.0. The molecule has 0 fully saturated rings. The Morgan fingerprint density at radius 3 is 1.10 bits per heavy atom. The van der Waals surface area contributed by atoms with Crippen LogP contribution < -0.4 is 88.7 Å². The number of carbonyl (C=O) groups excluding carboxylic acids is 2. The van der Waals surface area contributed by atoms with Gasteiger partial charge in [-0.05, 0) is 179 Å². The van der Waals surface area contributed by atoms with Gasteiger partial charge in [-0.1, -0.05) is 285 Å². The van der Waals surface area contributed by atoms with Crippen LogP contribution in [-0.4, -0.2) is 195 Å². The van der Waals surface area contributed by atoms with Crippen molar-refractivity contribution in [3.8, 4) is 67.1 Å². The maximum absolute atomic E-state index is 14.9. The molecular weight excluding hydrogens is 1830 g/mol. The molecule has 0 radical (unpaired) electrons. The number of hydrogen-bond acceptors (Lipinski definition) is 20. The van der Waals surface area contributed by atoms with E-state index in [4.69, 9.17) is 76.1 Å². The van der Waals surface area contributed by atoms with Gasteiger partial charge >= 0.3 is 75.2 Å². The van der Waals surface area contributed by atoms with Crippen LogP contribution in [0.1, 0.15) is 284 Å². The van der Waals surface area contributed by atoms with Crippen LogP contribution in [0.25, 0.3) is 55.6 Å². The summed E-state index contributed by atoms with van der Waals surface area (Å²) in [6, 6.07) is 54.0. The fourth-order valence-corrected chi connectivity index (χ4v) is 20.3. The number of fused-ring (bicyclic) bond motifs is 9. The first-order valence-electron chi connectivity index (χ1n) is 50.4. The van der Waals surface area contributed by atoms with Gasteiger partial charge in [-0.15, -0.1) is 0 Å². The Morgan fingerprint density at radius 1 is 0.356 bits per heavy atom. The predicted octanol–water partition coefficient (Wildman–Crippen LogP) is 18.6. The number of aliphatic hydroxyl groups excluding tert-OH is 1. The van der Waals surface area contributed by atoms with Gasteiger partial charge in [0.15, 0.2) is 11.5 Å². The number of ether oxygens (including phenoxy) is 14. The Kier molecular flexibility index (Phi) is 51.0. The summed E-state index contributed by atoms with van der Waals surface area (Å²) >= 11 is 0. The predicted molar refractivity (Wildman–Crippen MR) is 525 cm³/mol. The summed E-state index contributed by atoms with van der Waals surface area (Å²) < 4.78 is 89.5. The Balaban J connectivity index is 0.0000189. The second kappa shape index (κ2) is 62.1. The number of aliphatic hydroxyl groups is 1. The van der Waals surface area contributed by atoms with Crippen molar-refractivity contribution < 1.29 is 170 Å². The van der Waals surface area contributed by atoms with Crippen molar-refractivity contribution in [2.45, 2.75) is 237 Å². The summed E-state index contributed by atoms with van der Waals surface area (Å²) in [5.41, 5.74) is 18.5. The largest absolute Gasteiger partial charge is 1.00 e. The molecule has 3 aliphatic carbocycles. The summed E-state index contributed by atoms with van der Waals surface area (Å²) in [6.07, 6.45) is 33.8. The average molecular weight is 1980 g/mol. The minimum Gasteiger partial charge on any atom is -0.545 e. The van der Waals surface area contributed by atoms with Crippen molar-refractivity contribution in [2.75, 3.05) is 173 Å². The molecule has 732 valence electrons. The molecule has 2 N–H and O–H groups in total. The van der Waals surface area contributed by atoms with Crippen LogP contribution in [0.3, 0.4) is 0 Å². The van der Waals surface area contributed by atoms with Crippen LogP contribution >= 0.6 is 0 Å². The standard InChI is InChI=1S/C113H154O21.Cs/c1-7-11-15-19-23-31-47-111(48-32-24-20-16-12-8-2)102-37-29-27-35-94(102)96-43-39-86(77-104(96)111)88-41-45-98-99-46-42-89(87-40-44-97-95-36-28-30-38-103(95)112(105(97)78-87,49-33-25-21-17-13-9-3)50-34-26-22-18-14-10-4)80-107(99)113(106(98)79-88,93-81-100(110(115)116)109(132-73-70-127-63-60-123-56-54-120-6)108(82-93)131-72-69-126-62-59-122-55-53-119-5)92-75-90(83-129-67-65-124-58-57-121-52-51-114)101(91(76-92)84-134-118)85-130-68-66-125-61-64-128-71-74-133-117;/h27-30,35-46,75-82,84,114,117H,7-26,31-34,47-74,83,85H2,1-6H3,(H,115,116);/q;+1/p-1. The van der Waals surface area contributed by atoms with E-state index in [0.717, 1.165) is 95.9 Å². The number of carboxylic acids is 1. The van der Waals surface area contributed by atoms with Crippen molar-refractivity contribution >= 4 is 12.3 Å². The van der Waals surface area contributed by atoms with Gasteiger partial charge in [0.2, 0.25) is 0 Å². The molecule has 21 nitrogen and oxygen atoms in total. The third-order valence-corrected chi connectivity index (χ3v) is 27.0. The average Bonchev–Trinajstić information content (AvgIpc) is 1.53. The number of carbonyl (C=O) groups is 1. The zero-order chi connectivity index (χ0) is 94.1. The molecular formula is C113H153CsO21. The van der Waals surface area contributed by atoms with Gasteiger partial charge in [-0.2, -0.15) is 4.58 Å². The molecule has 0 aromatic heterocycles. The first kappa shape index (κ1) is 111. The van der Waals surface area contributed by atoms with E-state index < -0.39 is 11.4 Å². The fraction of sp³-hybridized carbons (Fsp3) is 0.558. The van der Waals surface area contributed by atoms with E-state index >= 15 is 0 Å². The van der Waals surface area contributed by atoms with Crippen molar-refractivity contribution in [2.24, 2.45) is 0 Å². The van der Waals surface area contributed by atoms with Crippen molar-refractivity contribution in [3.05, 3.63) is 212 Å². The number of benzene rings is 8. The van der Waals surface area contributed by atoms with E-state index in [9.17, 15) is 20.3 Å². The molecule has 0 atom stereocenters. The quantitative estimate of drug-likeness (QED) is 0.0118. The van der Waals surface area contributed by atoms with Gasteiger partial charge in [-0.25, -0.2) is 4.89 Å². The fourth-order valence-electron chi connectivity index (χ4n) is 20.3. The number of hydrogen-bond donors (Lipinski definition) is 2. The van der Waals surface area contributed by atoms with Crippen LogP contribution in [0.15, 0.2) is 146 Å². The molecule has 0 spiro atoms. The molecule has 0 saturated heterocycles. The van der Waals surface area contributed by atoms with Crippen LogP contribution in [0, 0.1) is 0 Å². The molecule has 11 rings (SSSR count). The molecule has 22 heteroatoms. The van der Waals surface area contributed by atoms with Gasteiger partial charge in [0, 0.05) is 30.6 Å². The molecule has 0 saturated carbocycles. The zero-order valence-corrected chi connectivity index (χ0v) is 88.5. The second-order valence-electron chi connectivity index (χ2n) is 35.9. The van der Waals surface area contributed by atoms with Crippen LogP contribution in [0.4, 0.5) is 0 Å². The van der Waals surface area contributed by atoms with E-state index in [1.54, 1.807) is 20.3 Å². The number of rotatable bonds is 75. The molecule has 0 aliphatic heterocycles. The van der Waals surface area contributed by atoms with Gasteiger partial charge < -0.3 is 86.6 Å². The van der Waals surface area contributed by atoms with Crippen LogP contribution in [-0.2, 0) is 91.2 Å². The van der Waals surface area contributed by atoms with Gasteiger partial charge in [0.25, 0.3) is 0 Å². The molecule has 8 aromatic rings. The number of unbranched alkanes of at least 4 members (excludes halogenated alkanes) is 20. The Bertz CT molecular complexity index is 4580. The molecule has 0 heterocycles. The number of aldehydes is 1. The third kappa shape index (κ3) is 30.9. The van der Waals surface area contributed by atoms with Crippen molar-refractivity contribution in [3.63, 3.8) is 0 Å². The van der Waals surface area contributed by atoms with E-state index in [1.165, 1.54) is 179 Å². The molecule has 3 aliphatic rings. The number of carboxylic acid groups (broad SMARTS) is 1. The Morgan fingerprint density at radius 2 is 0.696 bits per heavy atom. The topological polar surface area (TPSA) is 253 Å². The SMILES string of the molecule is CCCCCCCCC1(CCCCCCCC)c2ccccc2-c2ccc(-c3ccc4c(c3)C(c3cc(C=[O+][O-])c(COCCOCCOCCOO)c(COCCOCCOCCO)c3)(c3cc(OCCOCCOCCOC)c(OCCOCCOCCOC)c(C(=O)[O-])c3)c3cc(-c5ccc6c(c5)C(CCCCCCCC)(CCCCCCCC)c5ccccc5-6)ccc3-4)cc21.[Cs+]. The zero-order valence-electron chi connectivity index (χ0n) is 82.3. The normalized spacial score (nSPS) is 13.4. The van der Waals surface area contributed by atoms with Gasteiger partial charge in [0.05, 0.1) is 169 Å². The minimum atomic E-state index is -1.56. The number of methoxy groups -OCH3 is 2. The monoisotopic (exact) mass is 1980 g/mol. The van der Waals surface area contributed by atoms with Crippen molar-refractivity contribution in [1.82, 2.24) is 0 Å². The van der Waals surface area contributed by atoms with Crippen LogP contribution in [0.5, 0.6) is 11.5 Å². The van der Waals surface area contributed by atoms with Gasteiger partial charge in [0.1, 0.15) is 19.8 Å². The summed E-state index contributed by atoms with van der Waals surface area (Å²) in [6.45, 7) is 14.0. The van der Waals surface area contributed by atoms with Crippen LogP contribution in [0.2, 0.25) is 0 Å². The Hall–Kier alpha value is -6.25. The minimum absolute atomic E-state index is 0. The van der Waals surface area contributed by atoms with E-state index in [-0.39, 0.29) is 229 Å². The van der Waals surface area contributed by atoms with E-state index in [2.05, 4.69) is 160 Å². The van der Waals surface area contributed by atoms with E-state index in [1.807, 2.05) is 12.1 Å². The maximum Gasteiger partial charge on any atom is 1.00 e. The first-order valence-corrected chi connectivity index (χ1v) is 50.4. The summed E-state index contributed by atoms with van der Waals surface area (Å²) in [5, 5.41) is 46.8. The number of aromatic carboxylic acids is 1. The Labute approximate surface area is 863 Å². The maximum atomic E-state index is 14.9. The van der Waals surface area contributed by atoms with E-state index in [0.29, 0.717) is 67.5 Å². The molecule has 135 heavy (non-hydrogen) atoms. The summed E-state index contributed by atoms with van der Waals surface area (Å²) in [4.78, 5) is 19.1. The molecule has 0 bridgehead atoms. The smallest absolute Gasteiger partial charge is 0.545 e. The molecule has 0 amide bonds.